The minimum Gasteiger partial charge on any atom is -0.454 e. The van der Waals surface area contributed by atoms with E-state index < -0.39 is 0 Å². The first kappa shape index (κ1) is 31.1. The van der Waals surface area contributed by atoms with E-state index in [9.17, 15) is 0 Å². The van der Waals surface area contributed by atoms with Crippen LogP contribution in [0.3, 0.4) is 0 Å². The molecule has 0 amide bonds. The third-order valence-electron chi connectivity index (χ3n) is 11.1. The van der Waals surface area contributed by atoms with Gasteiger partial charge in [-0.1, -0.05) is 172 Å². The standard InChI is InChI=1S/C51H37NO/c1-51(2)44-23-11-9-19-40(44)41-32-31-38(33-45(41)51)52(47-25-14-22-43-42-20-10-12-26-48(42)53-50(43)47)46-24-13-21-39(36-17-7-4-8-18-36)49(46)37-29-27-35(28-30-37)34-15-5-3-6-16-34/h3-33H,1-2H3. The van der Waals surface area contributed by atoms with Crippen LogP contribution in [0.5, 0.6) is 0 Å². The molecular formula is C51H37NO. The average Bonchev–Trinajstić information content (AvgIpc) is 3.71. The largest absolute Gasteiger partial charge is 0.454 e. The Labute approximate surface area is 310 Å². The van der Waals surface area contributed by atoms with Crippen LogP contribution < -0.4 is 4.90 Å². The molecule has 9 aromatic rings. The van der Waals surface area contributed by atoms with Gasteiger partial charge in [0.1, 0.15) is 5.58 Å². The van der Waals surface area contributed by atoms with Crippen LogP contribution in [0.25, 0.3) is 66.4 Å². The average molecular weight is 680 g/mol. The van der Waals surface area contributed by atoms with Crippen molar-refractivity contribution in [3.05, 3.63) is 199 Å². The monoisotopic (exact) mass is 679 g/mol. The van der Waals surface area contributed by atoms with Crippen LogP contribution in [0.2, 0.25) is 0 Å². The van der Waals surface area contributed by atoms with Gasteiger partial charge in [-0.25, -0.2) is 0 Å². The maximum Gasteiger partial charge on any atom is 0.159 e. The second kappa shape index (κ2) is 12.3. The van der Waals surface area contributed by atoms with Gasteiger partial charge in [0.2, 0.25) is 0 Å². The van der Waals surface area contributed by atoms with Crippen molar-refractivity contribution in [3.8, 4) is 44.5 Å². The fraction of sp³-hybridized carbons (Fsp3) is 0.0588. The highest BCUT2D eigenvalue weighted by Gasteiger charge is 2.36. The molecule has 0 fully saturated rings. The highest BCUT2D eigenvalue weighted by Crippen LogP contribution is 2.53. The van der Waals surface area contributed by atoms with E-state index in [4.69, 9.17) is 4.42 Å². The second-order valence-corrected chi connectivity index (χ2v) is 14.5. The van der Waals surface area contributed by atoms with Crippen LogP contribution in [0.1, 0.15) is 25.0 Å². The van der Waals surface area contributed by atoms with Crippen molar-refractivity contribution in [2.24, 2.45) is 0 Å². The van der Waals surface area contributed by atoms with Gasteiger partial charge in [0.05, 0.1) is 11.4 Å². The Kier molecular flexibility index (Phi) is 7.19. The molecule has 0 bridgehead atoms. The number of benzene rings is 8. The lowest BCUT2D eigenvalue weighted by Crippen LogP contribution is -2.17. The molecule has 1 heterocycles. The maximum atomic E-state index is 6.78. The molecule has 2 nitrogen and oxygen atoms in total. The van der Waals surface area contributed by atoms with Crippen molar-refractivity contribution in [3.63, 3.8) is 0 Å². The third kappa shape index (κ3) is 5.02. The van der Waals surface area contributed by atoms with E-state index >= 15 is 0 Å². The van der Waals surface area contributed by atoms with Gasteiger partial charge in [-0.2, -0.15) is 0 Å². The van der Waals surface area contributed by atoms with Gasteiger partial charge in [0, 0.05) is 27.4 Å². The summed E-state index contributed by atoms with van der Waals surface area (Å²) in [7, 11) is 0. The van der Waals surface area contributed by atoms with Crippen LogP contribution in [-0.2, 0) is 5.41 Å². The summed E-state index contributed by atoms with van der Waals surface area (Å²) in [6.07, 6.45) is 0. The predicted molar refractivity (Wildman–Crippen MR) is 222 cm³/mol. The molecular weight excluding hydrogens is 643 g/mol. The SMILES string of the molecule is CC1(C)c2ccccc2-c2ccc(N(c3cccc(-c4ccccc4)c3-c3ccc(-c4ccccc4)cc3)c3cccc4c3oc3ccccc34)cc21. The summed E-state index contributed by atoms with van der Waals surface area (Å²) in [6, 6.07) is 67.8. The Morgan fingerprint density at radius 3 is 1.81 bits per heavy atom. The number of nitrogens with zero attached hydrogens (tertiary/aromatic N) is 1. The molecule has 53 heavy (non-hydrogen) atoms. The van der Waals surface area contributed by atoms with Gasteiger partial charge in [-0.3, -0.25) is 0 Å². The molecule has 0 unspecified atom stereocenters. The highest BCUT2D eigenvalue weighted by atomic mass is 16.3. The van der Waals surface area contributed by atoms with E-state index in [0.29, 0.717) is 0 Å². The zero-order valence-corrected chi connectivity index (χ0v) is 29.8. The number of hydrogen-bond acceptors (Lipinski definition) is 2. The smallest absolute Gasteiger partial charge is 0.159 e. The Bertz CT molecular complexity index is 2790. The lowest BCUT2D eigenvalue weighted by atomic mass is 9.82. The summed E-state index contributed by atoms with van der Waals surface area (Å²) >= 11 is 0. The third-order valence-corrected chi connectivity index (χ3v) is 11.1. The fourth-order valence-corrected chi connectivity index (χ4v) is 8.50. The molecule has 2 heteroatoms. The fourth-order valence-electron chi connectivity index (χ4n) is 8.50. The van der Waals surface area contributed by atoms with Gasteiger partial charge in [0.15, 0.2) is 5.58 Å². The number of para-hydroxylation sites is 2. The van der Waals surface area contributed by atoms with Crippen molar-refractivity contribution in [2.45, 2.75) is 19.3 Å². The highest BCUT2D eigenvalue weighted by molar-refractivity contribution is 6.11. The number of hydrogen-bond donors (Lipinski definition) is 0. The van der Waals surface area contributed by atoms with E-state index in [0.717, 1.165) is 50.1 Å². The summed E-state index contributed by atoms with van der Waals surface area (Å²) in [4.78, 5) is 2.43. The molecule has 1 aliphatic rings. The molecule has 0 saturated heterocycles. The molecule has 1 aliphatic carbocycles. The summed E-state index contributed by atoms with van der Waals surface area (Å²) in [5.41, 5.74) is 17.1. The van der Waals surface area contributed by atoms with E-state index in [1.807, 2.05) is 6.07 Å². The first-order valence-electron chi connectivity index (χ1n) is 18.4. The molecule has 0 aliphatic heterocycles. The molecule has 0 saturated carbocycles. The number of rotatable bonds is 6. The van der Waals surface area contributed by atoms with Gasteiger partial charge in [-0.15, -0.1) is 0 Å². The van der Waals surface area contributed by atoms with E-state index in [2.05, 4.69) is 201 Å². The van der Waals surface area contributed by atoms with Crippen LogP contribution in [0, 0.1) is 0 Å². The van der Waals surface area contributed by atoms with E-state index in [1.54, 1.807) is 0 Å². The summed E-state index contributed by atoms with van der Waals surface area (Å²) < 4.78 is 6.78. The minimum atomic E-state index is -0.152. The minimum absolute atomic E-state index is 0.152. The first-order valence-corrected chi connectivity index (χ1v) is 18.4. The van der Waals surface area contributed by atoms with Crippen LogP contribution in [0.15, 0.2) is 192 Å². The van der Waals surface area contributed by atoms with Crippen molar-refractivity contribution in [1.82, 2.24) is 0 Å². The van der Waals surface area contributed by atoms with E-state index in [-0.39, 0.29) is 5.41 Å². The van der Waals surface area contributed by atoms with Crippen LogP contribution >= 0.6 is 0 Å². The van der Waals surface area contributed by atoms with Gasteiger partial charge in [0.25, 0.3) is 0 Å². The van der Waals surface area contributed by atoms with Crippen molar-refractivity contribution >= 4 is 39.0 Å². The molecule has 1 aromatic heterocycles. The second-order valence-electron chi connectivity index (χ2n) is 14.5. The molecule has 8 aromatic carbocycles. The molecule has 0 N–H and O–H groups in total. The lowest BCUT2D eigenvalue weighted by molar-refractivity contribution is 0.660. The topological polar surface area (TPSA) is 16.4 Å². The molecule has 252 valence electrons. The van der Waals surface area contributed by atoms with Crippen molar-refractivity contribution in [2.75, 3.05) is 4.90 Å². The normalized spacial score (nSPS) is 12.9. The zero-order chi connectivity index (χ0) is 35.5. The maximum absolute atomic E-state index is 6.78. The van der Waals surface area contributed by atoms with E-state index in [1.165, 1.54) is 44.5 Å². The summed E-state index contributed by atoms with van der Waals surface area (Å²) in [6.45, 7) is 4.70. The molecule has 10 rings (SSSR count). The summed E-state index contributed by atoms with van der Waals surface area (Å²) in [5.74, 6) is 0. The first-order chi connectivity index (χ1) is 26.1. The Morgan fingerprint density at radius 2 is 1.00 bits per heavy atom. The zero-order valence-electron chi connectivity index (χ0n) is 29.8. The van der Waals surface area contributed by atoms with Crippen molar-refractivity contribution < 1.29 is 4.42 Å². The quantitative estimate of drug-likeness (QED) is 0.174. The predicted octanol–water partition coefficient (Wildman–Crippen LogP) is 14.4. The summed E-state index contributed by atoms with van der Waals surface area (Å²) in [5, 5.41) is 2.22. The van der Waals surface area contributed by atoms with Crippen LogP contribution in [-0.4, -0.2) is 0 Å². The Morgan fingerprint density at radius 1 is 0.415 bits per heavy atom. The van der Waals surface area contributed by atoms with Gasteiger partial charge < -0.3 is 9.32 Å². The van der Waals surface area contributed by atoms with Crippen LogP contribution in [0.4, 0.5) is 17.1 Å². The van der Waals surface area contributed by atoms with Gasteiger partial charge in [-0.05, 0) is 80.4 Å². The molecule has 0 atom stereocenters. The Balaban J connectivity index is 1.26. The molecule has 0 radical (unpaired) electrons. The number of fused-ring (bicyclic) bond motifs is 6. The lowest BCUT2D eigenvalue weighted by Gasteiger charge is -2.30. The number of anilines is 3. The van der Waals surface area contributed by atoms with Gasteiger partial charge >= 0.3 is 0 Å². The molecule has 0 spiro atoms. The number of furan rings is 1. The Hall–Kier alpha value is -6.64. The van der Waals surface area contributed by atoms with Crippen molar-refractivity contribution in [1.29, 1.82) is 0 Å².